The van der Waals surface area contributed by atoms with Crippen molar-refractivity contribution in [2.75, 3.05) is 20.1 Å². The molecule has 1 aliphatic heterocycles. The number of likely N-dealkylation sites (N-methyl/N-ethyl adjacent to an activating group) is 1. The molecule has 1 N–H and O–H groups in total. The van der Waals surface area contributed by atoms with Crippen LogP contribution in [-0.4, -0.2) is 41.3 Å². The van der Waals surface area contributed by atoms with E-state index < -0.39 is 5.97 Å². The van der Waals surface area contributed by atoms with Crippen LogP contribution < -0.4 is 0 Å². The summed E-state index contributed by atoms with van der Waals surface area (Å²) in [6.45, 7) is 2.10. The van der Waals surface area contributed by atoms with Crippen LogP contribution in [0.1, 0.15) is 28.5 Å². The minimum atomic E-state index is -1.10. The molecule has 3 rings (SSSR count). The lowest BCUT2D eigenvalue weighted by molar-refractivity contribution is 0.0652. The maximum Gasteiger partial charge on any atom is 0.374 e. The molecular formula is C15H16N2O3. The maximum atomic E-state index is 10.9. The first kappa shape index (κ1) is 12.9. The van der Waals surface area contributed by atoms with Gasteiger partial charge in [-0.05, 0) is 31.5 Å². The van der Waals surface area contributed by atoms with Crippen LogP contribution in [0.5, 0.6) is 0 Å². The molecule has 5 heteroatoms. The van der Waals surface area contributed by atoms with E-state index in [1.54, 1.807) is 0 Å². The summed E-state index contributed by atoms with van der Waals surface area (Å²) in [6, 6.07) is 9.49. The number of aromatic nitrogens is 1. The van der Waals surface area contributed by atoms with Crippen molar-refractivity contribution in [3.8, 4) is 11.3 Å². The molecule has 1 fully saturated rings. The number of nitrogens with zero attached hydrogens (tertiary/aromatic N) is 2. The van der Waals surface area contributed by atoms with E-state index in [1.165, 1.54) is 11.6 Å². The molecule has 0 radical (unpaired) electrons. The average Bonchev–Trinajstić information content (AvgIpc) is 3.07. The van der Waals surface area contributed by atoms with Gasteiger partial charge in [0.15, 0.2) is 0 Å². The number of hydrogen-bond acceptors (Lipinski definition) is 4. The zero-order valence-electron chi connectivity index (χ0n) is 11.2. The minimum absolute atomic E-state index is 0.127. The largest absolute Gasteiger partial charge is 0.475 e. The Morgan fingerprint density at radius 3 is 2.90 bits per heavy atom. The van der Waals surface area contributed by atoms with Gasteiger partial charge in [-0.2, -0.15) is 0 Å². The molecule has 1 atom stereocenters. The van der Waals surface area contributed by atoms with Crippen LogP contribution in [0.25, 0.3) is 11.3 Å². The molecule has 1 aromatic heterocycles. The van der Waals surface area contributed by atoms with E-state index in [9.17, 15) is 4.79 Å². The van der Waals surface area contributed by atoms with E-state index in [-0.39, 0.29) is 5.76 Å². The molecule has 0 bridgehead atoms. The van der Waals surface area contributed by atoms with Crippen LogP contribution in [0.2, 0.25) is 0 Å². The molecule has 1 saturated heterocycles. The fraction of sp³-hybridized carbons (Fsp3) is 0.333. The number of carbonyl (C=O) groups is 1. The van der Waals surface area contributed by atoms with E-state index in [4.69, 9.17) is 9.63 Å². The van der Waals surface area contributed by atoms with Crippen LogP contribution in [0.3, 0.4) is 0 Å². The maximum absolute atomic E-state index is 10.9. The fourth-order valence-electron chi connectivity index (χ4n) is 2.78. The Bertz CT molecular complexity index is 636. The van der Waals surface area contributed by atoms with Gasteiger partial charge in [-0.15, -0.1) is 0 Å². The predicted octanol–water partition coefficient (Wildman–Crippen LogP) is 2.46. The molecule has 1 unspecified atom stereocenters. The molecule has 0 spiro atoms. The highest BCUT2D eigenvalue weighted by atomic mass is 16.5. The van der Waals surface area contributed by atoms with Gasteiger partial charge in [-0.3, -0.25) is 0 Å². The molecule has 2 heterocycles. The second-order valence-corrected chi connectivity index (χ2v) is 5.22. The number of benzene rings is 1. The van der Waals surface area contributed by atoms with Crippen LogP contribution in [0, 0.1) is 0 Å². The summed E-state index contributed by atoms with van der Waals surface area (Å²) in [5, 5.41) is 12.8. The minimum Gasteiger partial charge on any atom is -0.475 e. The highest BCUT2D eigenvalue weighted by molar-refractivity contribution is 5.85. The van der Waals surface area contributed by atoms with Crippen molar-refractivity contribution in [2.24, 2.45) is 0 Å². The monoisotopic (exact) mass is 272 g/mol. The quantitative estimate of drug-likeness (QED) is 0.929. The zero-order valence-corrected chi connectivity index (χ0v) is 11.2. The van der Waals surface area contributed by atoms with Gasteiger partial charge in [-0.1, -0.05) is 29.4 Å². The first-order chi connectivity index (χ1) is 9.65. The van der Waals surface area contributed by atoms with Crippen molar-refractivity contribution in [3.05, 3.63) is 41.7 Å². The van der Waals surface area contributed by atoms with Gasteiger partial charge in [0.05, 0.1) is 0 Å². The fourth-order valence-corrected chi connectivity index (χ4v) is 2.78. The van der Waals surface area contributed by atoms with Gasteiger partial charge in [-0.25, -0.2) is 4.79 Å². The molecule has 1 aromatic carbocycles. The molecule has 2 aromatic rings. The zero-order chi connectivity index (χ0) is 14.1. The van der Waals surface area contributed by atoms with Crippen LogP contribution >= 0.6 is 0 Å². The van der Waals surface area contributed by atoms with Crippen molar-refractivity contribution in [2.45, 2.75) is 12.3 Å². The molecule has 0 aliphatic carbocycles. The van der Waals surface area contributed by atoms with Gasteiger partial charge in [0.2, 0.25) is 5.76 Å². The summed E-state index contributed by atoms with van der Waals surface area (Å²) in [5.74, 6) is -0.763. The Morgan fingerprint density at radius 1 is 1.45 bits per heavy atom. The molecule has 0 amide bonds. The third-order valence-corrected chi connectivity index (χ3v) is 3.79. The van der Waals surface area contributed by atoms with Crippen LogP contribution in [0.15, 0.2) is 34.9 Å². The highest BCUT2D eigenvalue weighted by Crippen LogP contribution is 2.33. The number of hydrogen-bond donors (Lipinski definition) is 1. The number of rotatable bonds is 3. The number of likely N-dealkylation sites (tertiary alicyclic amines) is 1. The van der Waals surface area contributed by atoms with E-state index in [2.05, 4.69) is 23.2 Å². The normalized spacial score (nSPS) is 19.4. The Hall–Kier alpha value is -2.14. The summed E-state index contributed by atoms with van der Waals surface area (Å²) in [7, 11) is 2.11. The van der Waals surface area contributed by atoms with Crippen LogP contribution in [0.4, 0.5) is 0 Å². The lowest BCUT2D eigenvalue weighted by Crippen LogP contribution is -2.13. The number of carboxylic acids is 1. The van der Waals surface area contributed by atoms with Crippen LogP contribution in [-0.2, 0) is 0 Å². The lowest BCUT2D eigenvalue weighted by atomic mass is 9.92. The van der Waals surface area contributed by atoms with Gasteiger partial charge >= 0.3 is 5.97 Å². The summed E-state index contributed by atoms with van der Waals surface area (Å²) in [6.07, 6.45) is 1.11. The highest BCUT2D eigenvalue weighted by Gasteiger charge is 2.24. The van der Waals surface area contributed by atoms with Gasteiger partial charge in [0.1, 0.15) is 5.69 Å². The van der Waals surface area contributed by atoms with Crippen molar-refractivity contribution < 1.29 is 14.4 Å². The molecule has 1 aliphatic rings. The van der Waals surface area contributed by atoms with Crippen molar-refractivity contribution in [3.63, 3.8) is 0 Å². The Morgan fingerprint density at radius 2 is 2.25 bits per heavy atom. The molecular weight excluding hydrogens is 256 g/mol. The Balaban J connectivity index is 1.98. The summed E-state index contributed by atoms with van der Waals surface area (Å²) in [5.41, 5.74) is 2.76. The summed E-state index contributed by atoms with van der Waals surface area (Å²) < 4.78 is 4.86. The molecule has 20 heavy (non-hydrogen) atoms. The van der Waals surface area contributed by atoms with Gasteiger partial charge < -0.3 is 14.5 Å². The van der Waals surface area contributed by atoms with Crippen molar-refractivity contribution in [1.29, 1.82) is 0 Å². The second-order valence-electron chi connectivity index (χ2n) is 5.22. The lowest BCUT2D eigenvalue weighted by Gasteiger charge is -2.14. The third kappa shape index (κ3) is 2.32. The van der Waals surface area contributed by atoms with Crippen molar-refractivity contribution in [1.82, 2.24) is 10.1 Å². The topological polar surface area (TPSA) is 66.6 Å². The molecule has 5 nitrogen and oxygen atoms in total. The smallest absolute Gasteiger partial charge is 0.374 e. The van der Waals surface area contributed by atoms with Crippen molar-refractivity contribution >= 4 is 5.97 Å². The first-order valence-corrected chi connectivity index (χ1v) is 6.63. The van der Waals surface area contributed by atoms with Gasteiger partial charge in [0, 0.05) is 18.2 Å². The number of carboxylic acid groups (broad SMARTS) is 1. The van der Waals surface area contributed by atoms with E-state index in [1.807, 2.05) is 18.2 Å². The van der Waals surface area contributed by atoms with E-state index >= 15 is 0 Å². The van der Waals surface area contributed by atoms with E-state index in [0.29, 0.717) is 11.6 Å². The number of aromatic carboxylic acids is 1. The Labute approximate surface area is 116 Å². The molecule has 104 valence electrons. The second kappa shape index (κ2) is 5.09. The van der Waals surface area contributed by atoms with E-state index in [0.717, 1.165) is 25.1 Å². The van der Waals surface area contributed by atoms with Gasteiger partial charge in [0.25, 0.3) is 0 Å². The third-order valence-electron chi connectivity index (χ3n) is 3.79. The average molecular weight is 272 g/mol. The Kier molecular flexibility index (Phi) is 3.28. The summed E-state index contributed by atoms with van der Waals surface area (Å²) >= 11 is 0. The standard InChI is InChI=1S/C15H16N2O3/c1-17-7-6-10(9-17)11-4-2-3-5-12(11)13-8-14(15(18)19)20-16-13/h2-5,8,10H,6-7,9H2,1H3,(H,18,19). The summed E-state index contributed by atoms with van der Waals surface area (Å²) in [4.78, 5) is 13.2. The first-order valence-electron chi connectivity index (χ1n) is 6.63. The SMILES string of the molecule is CN1CCC(c2ccccc2-c2cc(C(=O)O)on2)C1. The predicted molar refractivity (Wildman–Crippen MR) is 73.8 cm³/mol. The molecule has 0 saturated carbocycles.